The molecule has 3 fully saturated rings. The van der Waals surface area contributed by atoms with Gasteiger partial charge < -0.3 is 14.2 Å². The first-order valence-electron chi connectivity index (χ1n) is 16.4. The van der Waals surface area contributed by atoms with Crippen LogP contribution >= 0.6 is 0 Å². The standard InChI is InChI=1S/C36H48F2O4/c1-3-5-24-8-16-31(17-9-24)41-23-32(39)30-15-14-28-20-27(12-13-29(28)21-30)26-10-6-25(7-11-26)22-42-34-19-18-33(40-4-2)35(37)36(34)38/h6-7,10-11,18-19,24,27-31H,3-5,8-9,12-17,20-23H2,1-2H3. The van der Waals surface area contributed by atoms with Gasteiger partial charge in [0.1, 0.15) is 13.2 Å². The van der Waals surface area contributed by atoms with Crippen LogP contribution in [0, 0.1) is 35.3 Å². The van der Waals surface area contributed by atoms with E-state index < -0.39 is 11.6 Å². The fourth-order valence-electron chi connectivity index (χ4n) is 7.74. The molecule has 0 aromatic heterocycles. The van der Waals surface area contributed by atoms with Gasteiger partial charge in [0, 0.05) is 5.92 Å². The number of hydrogen-bond donors (Lipinski definition) is 0. The maximum absolute atomic E-state index is 14.3. The topological polar surface area (TPSA) is 44.8 Å². The number of benzene rings is 2. The van der Waals surface area contributed by atoms with Gasteiger partial charge in [-0.3, -0.25) is 4.79 Å². The summed E-state index contributed by atoms with van der Waals surface area (Å²) in [5.74, 6) is 0.944. The maximum atomic E-state index is 14.3. The van der Waals surface area contributed by atoms with Crippen LogP contribution in [0.15, 0.2) is 36.4 Å². The summed E-state index contributed by atoms with van der Waals surface area (Å²) in [5.41, 5.74) is 2.24. The Bertz CT molecular complexity index is 1160. The zero-order valence-electron chi connectivity index (χ0n) is 25.4. The van der Waals surface area contributed by atoms with Crippen LogP contribution in [0.4, 0.5) is 8.78 Å². The van der Waals surface area contributed by atoms with Gasteiger partial charge in [0.2, 0.25) is 11.6 Å². The molecule has 3 aliphatic carbocycles. The monoisotopic (exact) mass is 582 g/mol. The van der Waals surface area contributed by atoms with Gasteiger partial charge in [-0.1, -0.05) is 44.0 Å². The predicted octanol–water partition coefficient (Wildman–Crippen LogP) is 9.19. The van der Waals surface area contributed by atoms with Crippen molar-refractivity contribution in [2.75, 3.05) is 13.2 Å². The molecule has 42 heavy (non-hydrogen) atoms. The van der Waals surface area contributed by atoms with Gasteiger partial charge in [0.25, 0.3) is 0 Å². The number of ether oxygens (including phenoxy) is 3. The lowest BCUT2D eigenvalue weighted by molar-refractivity contribution is -0.132. The summed E-state index contributed by atoms with van der Waals surface area (Å²) in [7, 11) is 0. The molecule has 4 atom stereocenters. The van der Waals surface area contributed by atoms with E-state index in [1.807, 2.05) is 12.1 Å². The van der Waals surface area contributed by atoms with E-state index in [0.717, 1.165) is 50.0 Å². The van der Waals surface area contributed by atoms with Gasteiger partial charge in [0.15, 0.2) is 17.3 Å². The predicted molar refractivity (Wildman–Crippen MR) is 161 cm³/mol. The van der Waals surface area contributed by atoms with E-state index in [0.29, 0.717) is 30.1 Å². The number of hydrogen-bond acceptors (Lipinski definition) is 4. The first-order valence-corrected chi connectivity index (χ1v) is 16.4. The second kappa shape index (κ2) is 14.8. The van der Waals surface area contributed by atoms with E-state index in [-0.39, 0.29) is 36.7 Å². The number of ketones is 1. The SMILES string of the molecule is CCCC1CCC(OCC(=O)C2CCC3CC(c4ccc(COc5ccc(OCC)c(F)c5F)cc4)CCC3C2)CC1. The highest BCUT2D eigenvalue weighted by molar-refractivity contribution is 5.82. The molecule has 4 unspecified atom stereocenters. The lowest BCUT2D eigenvalue weighted by Crippen LogP contribution is -2.35. The van der Waals surface area contributed by atoms with E-state index >= 15 is 0 Å². The second-order valence-corrected chi connectivity index (χ2v) is 12.9. The molecule has 4 nitrogen and oxygen atoms in total. The van der Waals surface area contributed by atoms with Crippen molar-refractivity contribution < 1.29 is 27.8 Å². The molecule has 0 N–H and O–H groups in total. The molecule has 0 radical (unpaired) electrons. The van der Waals surface area contributed by atoms with E-state index in [4.69, 9.17) is 14.2 Å². The quantitative estimate of drug-likeness (QED) is 0.250. The molecule has 3 saturated carbocycles. The van der Waals surface area contributed by atoms with Crippen molar-refractivity contribution in [2.45, 2.75) is 110 Å². The average molecular weight is 583 g/mol. The zero-order chi connectivity index (χ0) is 29.5. The summed E-state index contributed by atoms with van der Waals surface area (Å²) in [4.78, 5) is 13.0. The molecule has 0 saturated heterocycles. The molecule has 2 aromatic carbocycles. The molecule has 0 aliphatic heterocycles. The van der Waals surface area contributed by atoms with Crippen LogP contribution in [0.3, 0.4) is 0 Å². The van der Waals surface area contributed by atoms with Gasteiger partial charge >= 0.3 is 0 Å². The highest BCUT2D eigenvalue weighted by Gasteiger charge is 2.38. The molecule has 6 heteroatoms. The van der Waals surface area contributed by atoms with E-state index in [1.165, 1.54) is 56.2 Å². The van der Waals surface area contributed by atoms with E-state index in [9.17, 15) is 13.6 Å². The normalized spacial score (nSPS) is 27.7. The Morgan fingerprint density at radius 2 is 1.45 bits per heavy atom. The van der Waals surface area contributed by atoms with Crippen molar-refractivity contribution in [3.8, 4) is 11.5 Å². The lowest BCUT2D eigenvalue weighted by atomic mass is 9.63. The summed E-state index contributed by atoms with van der Waals surface area (Å²) in [6.07, 6.45) is 14.3. The first-order chi connectivity index (χ1) is 20.4. The highest BCUT2D eigenvalue weighted by atomic mass is 19.2. The molecular weight excluding hydrogens is 534 g/mol. The van der Waals surface area contributed by atoms with Crippen molar-refractivity contribution in [2.24, 2.45) is 23.7 Å². The molecule has 0 spiro atoms. The summed E-state index contributed by atoms with van der Waals surface area (Å²) in [5, 5.41) is 0. The first kappa shape index (κ1) is 31.0. The minimum Gasteiger partial charge on any atom is -0.491 e. The Morgan fingerprint density at radius 3 is 2.14 bits per heavy atom. The van der Waals surface area contributed by atoms with Crippen molar-refractivity contribution in [1.29, 1.82) is 0 Å². The molecule has 3 aliphatic rings. The second-order valence-electron chi connectivity index (χ2n) is 12.9. The van der Waals surface area contributed by atoms with E-state index in [1.54, 1.807) is 6.92 Å². The van der Waals surface area contributed by atoms with Crippen molar-refractivity contribution >= 4 is 5.78 Å². The molecule has 2 aromatic rings. The Labute approximate surface area is 250 Å². The minimum atomic E-state index is -1.03. The average Bonchev–Trinajstić information content (AvgIpc) is 3.02. The fourth-order valence-corrected chi connectivity index (χ4v) is 7.74. The number of carbonyl (C=O) groups is 1. The lowest BCUT2D eigenvalue weighted by Gasteiger charge is -2.42. The van der Waals surface area contributed by atoms with Gasteiger partial charge in [-0.15, -0.1) is 0 Å². The third kappa shape index (κ3) is 7.72. The number of fused-ring (bicyclic) bond motifs is 1. The number of halogens is 2. The molecular formula is C36H48F2O4. The Hall–Kier alpha value is -2.47. The summed E-state index contributed by atoms with van der Waals surface area (Å²) < 4.78 is 45.3. The third-order valence-corrected chi connectivity index (χ3v) is 10.2. The van der Waals surface area contributed by atoms with Crippen molar-refractivity contribution in [3.63, 3.8) is 0 Å². The molecule has 0 amide bonds. The van der Waals surface area contributed by atoms with Crippen LogP contribution in [0.5, 0.6) is 11.5 Å². The van der Waals surface area contributed by atoms with Gasteiger partial charge in [-0.2, -0.15) is 8.78 Å². The molecule has 0 bridgehead atoms. The Balaban J connectivity index is 1.05. The van der Waals surface area contributed by atoms with Crippen LogP contribution in [0.25, 0.3) is 0 Å². The van der Waals surface area contributed by atoms with Gasteiger partial charge in [0.05, 0.1) is 12.7 Å². The summed E-state index contributed by atoms with van der Waals surface area (Å²) in [6, 6.07) is 11.2. The summed E-state index contributed by atoms with van der Waals surface area (Å²) in [6.45, 7) is 4.73. The summed E-state index contributed by atoms with van der Waals surface area (Å²) >= 11 is 0. The van der Waals surface area contributed by atoms with Crippen LogP contribution in [0.2, 0.25) is 0 Å². The van der Waals surface area contributed by atoms with Gasteiger partial charge in [-0.25, -0.2) is 0 Å². The molecule has 0 heterocycles. The van der Waals surface area contributed by atoms with Crippen LogP contribution in [0.1, 0.15) is 108 Å². The Morgan fingerprint density at radius 1 is 0.786 bits per heavy atom. The number of Topliss-reactive ketones (excluding diaryl/α,β-unsaturated/α-hetero) is 1. The third-order valence-electron chi connectivity index (χ3n) is 10.2. The molecule has 5 rings (SSSR count). The number of rotatable bonds is 12. The number of carbonyl (C=O) groups excluding carboxylic acids is 1. The van der Waals surface area contributed by atoms with Crippen molar-refractivity contribution in [1.82, 2.24) is 0 Å². The highest BCUT2D eigenvalue weighted by Crippen LogP contribution is 2.48. The van der Waals surface area contributed by atoms with Crippen LogP contribution in [-0.2, 0) is 16.1 Å². The van der Waals surface area contributed by atoms with Crippen LogP contribution < -0.4 is 9.47 Å². The van der Waals surface area contributed by atoms with E-state index in [2.05, 4.69) is 19.1 Å². The van der Waals surface area contributed by atoms with Crippen molar-refractivity contribution in [3.05, 3.63) is 59.2 Å². The largest absolute Gasteiger partial charge is 0.491 e. The smallest absolute Gasteiger partial charge is 0.204 e. The van der Waals surface area contributed by atoms with Crippen LogP contribution in [-0.4, -0.2) is 25.1 Å². The zero-order valence-corrected chi connectivity index (χ0v) is 25.4. The Kier molecular flexibility index (Phi) is 10.9. The molecule has 230 valence electrons. The van der Waals surface area contributed by atoms with Gasteiger partial charge in [-0.05, 0) is 118 Å². The fraction of sp³-hybridized carbons (Fsp3) is 0.639. The minimum absolute atomic E-state index is 0.106. The maximum Gasteiger partial charge on any atom is 0.204 e.